The van der Waals surface area contributed by atoms with E-state index in [-0.39, 0.29) is 0 Å². The quantitative estimate of drug-likeness (QED) is 0.695. The van der Waals surface area contributed by atoms with E-state index in [4.69, 9.17) is 16.9 Å². The summed E-state index contributed by atoms with van der Waals surface area (Å²) in [7, 11) is 0. The van der Waals surface area contributed by atoms with Gasteiger partial charge in [0.1, 0.15) is 5.52 Å². The molecule has 0 fully saturated rings. The van der Waals surface area contributed by atoms with Crippen molar-refractivity contribution in [3.05, 3.63) is 28.5 Å². The zero-order valence-electron chi connectivity index (χ0n) is 6.93. The molecule has 1 N–H and O–H groups in total. The summed E-state index contributed by atoms with van der Waals surface area (Å²) in [5, 5.41) is 9.35. The van der Waals surface area contributed by atoms with Crippen LogP contribution in [0.1, 0.15) is 11.1 Å². The molecule has 0 saturated heterocycles. The van der Waals surface area contributed by atoms with Crippen LogP contribution < -0.4 is 0 Å². The average Bonchev–Trinajstić information content (AvgIpc) is 2.59. The summed E-state index contributed by atoms with van der Waals surface area (Å²) in [6, 6.07) is 3.84. The van der Waals surface area contributed by atoms with Crippen molar-refractivity contribution >= 4 is 22.6 Å². The van der Waals surface area contributed by atoms with E-state index >= 15 is 0 Å². The van der Waals surface area contributed by atoms with Crippen molar-refractivity contribution in [1.29, 1.82) is 5.26 Å². The van der Waals surface area contributed by atoms with Crippen LogP contribution in [0.15, 0.2) is 12.4 Å². The first-order valence-electron chi connectivity index (χ1n) is 3.76. The molecule has 0 spiro atoms. The topological polar surface area (TPSA) is 52.5 Å². The summed E-state index contributed by atoms with van der Waals surface area (Å²) >= 11 is 6.02. The largest absolute Gasteiger partial charge is 0.345 e. The van der Waals surface area contributed by atoms with E-state index in [0.717, 1.165) is 16.6 Å². The number of fused-ring (bicyclic) bond motifs is 1. The molecule has 0 aliphatic heterocycles. The Bertz CT molecular complexity index is 507. The highest BCUT2D eigenvalue weighted by Crippen LogP contribution is 2.26. The fourth-order valence-electron chi connectivity index (χ4n) is 1.25. The van der Waals surface area contributed by atoms with Crippen LogP contribution in [-0.2, 0) is 0 Å². The summed E-state index contributed by atoms with van der Waals surface area (Å²) in [6.45, 7) is 1.81. The van der Waals surface area contributed by atoms with Gasteiger partial charge >= 0.3 is 0 Å². The van der Waals surface area contributed by atoms with Gasteiger partial charge < -0.3 is 4.98 Å². The number of halogens is 1. The number of aromatic amines is 1. The van der Waals surface area contributed by atoms with Gasteiger partial charge in [0.05, 0.1) is 28.5 Å². The van der Waals surface area contributed by atoms with Crippen LogP contribution in [-0.4, -0.2) is 9.97 Å². The molecule has 0 atom stereocenters. The van der Waals surface area contributed by atoms with Gasteiger partial charge in [-0.1, -0.05) is 11.6 Å². The number of hydrogen-bond donors (Lipinski definition) is 1. The summed E-state index contributed by atoms with van der Waals surface area (Å²) in [5.74, 6) is 0. The van der Waals surface area contributed by atoms with Crippen molar-refractivity contribution in [2.24, 2.45) is 0 Å². The van der Waals surface area contributed by atoms with Crippen molar-refractivity contribution in [3.63, 3.8) is 0 Å². The number of nitrogens with zero attached hydrogens (tertiary/aromatic N) is 2. The summed E-state index contributed by atoms with van der Waals surface area (Å²) in [6.07, 6.45) is 1.57. The summed E-state index contributed by atoms with van der Waals surface area (Å²) in [5.41, 5.74) is 2.89. The van der Waals surface area contributed by atoms with Gasteiger partial charge in [0.25, 0.3) is 0 Å². The maximum Gasteiger partial charge on any atom is 0.107 e. The van der Waals surface area contributed by atoms with Gasteiger partial charge in [-0.2, -0.15) is 5.26 Å². The van der Waals surface area contributed by atoms with E-state index in [1.54, 1.807) is 12.4 Å². The molecule has 0 aliphatic carbocycles. The molecule has 1 aromatic heterocycles. The number of aromatic nitrogens is 2. The van der Waals surface area contributed by atoms with Gasteiger partial charge in [-0.25, -0.2) is 4.98 Å². The number of nitrogens with one attached hydrogen (secondary N) is 1. The second-order valence-electron chi connectivity index (χ2n) is 2.77. The van der Waals surface area contributed by atoms with Crippen molar-refractivity contribution in [3.8, 4) is 6.07 Å². The third kappa shape index (κ3) is 1.07. The summed E-state index contributed by atoms with van der Waals surface area (Å²) < 4.78 is 0. The van der Waals surface area contributed by atoms with Crippen molar-refractivity contribution in [2.45, 2.75) is 6.92 Å². The van der Waals surface area contributed by atoms with Crippen LogP contribution in [0.2, 0.25) is 5.02 Å². The number of nitriles is 1. The smallest absolute Gasteiger partial charge is 0.107 e. The zero-order chi connectivity index (χ0) is 9.42. The Morgan fingerprint density at radius 3 is 3.08 bits per heavy atom. The first-order chi connectivity index (χ1) is 6.24. The van der Waals surface area contributed by atoms with E-state index in [0.29, 0.717) is 10.6 Å². The average molecular weight is 192 g/mol. The second kappa shape index (κ2) is 2.75. The van der Waals surface area contributed by atoms with Gasteiger partial charge in [-0.15, -0.1) is 0 Å². The Balaban J connectivity index is 2.94. The summed E-state index contributed by atoms with van der Waals surface area (Å²) in [4.78, 5) is 6.97. The van der Waals surface area contributed by atoms with Crippen LogP contribution >= 0.6 is 11.6 Å². The van der Waals surface area contributed by atoms with E-state index in [2.05, 4.69) is 16.0 Å². The van der Waals surface area contributed by atoms with E-state index in [1.807, 2.05) is 6.92 Å². The fourth-order valence-corrected chi connectivity index (χ4v) is 1.51. The van der Waals surface area contributed by atoms with Gasteiger partial charge in [-0.3, -0.25) is 0 Å². The van der Waals surface area contributed by atoms with Gasteiger partial charge in [0, 0.05) is 0 Å². The highest BCUT2D eigenvalue weighted by atomic mass is 35.5. The van der Waals surface area contributed by atoms with Gasteiger partial charge in [-0.05, 0) is 18.6 Å². The molecule has 2 aromatic rings. The zero-order valence-corrected chi connectivity index (χ0v) is 7.68. The minimum absolute atomic E-state index is 0.551. The van der Waals surface area contributed by atoms with Crippen LogP contribution in [0.3, 0.4) is 0 Å². The van der Waals surface area contributed by atoms with Crippen LogP contribution in [0.25, 0.3) is 11.0 Å². The highest BCUT2D eigenvalue weighted by molar-refractivity contribution is 6.35. The molecule has 0 aliphatic rings. The Kier molecular flexibility index (Phi) is 1.71. The lowest BCUT2D eigenvalue weighted by molar-refractivity contribution is 1.34. The molecule has 1 heterocycles. The SMILES string of the molecule is Cc1c(C#N)cc2[nH]cnc2c1Cl. The molecule has 2 rings (SSSR count). The molecule has 0 unspecified atom stereocenters. The predicted molar refractivity (Wildman–Crippen MR) is 50.6 cm³/mol. The Morgan fingerprint density at radius 2 is 2.38 bits per heavy atom. The number of hydrogen-bond acceptors (Lipinski definition) is 2. The maximum atomic E-state index is 8.80. The molecule has 64 valence electrons. The van der Waals surface area contributed by atoms with Gasteiger partial charge in [0.15, 0.2) is 0 Å². The predicted octanol–water partition coefficient (Wildman–Crippen LogP) is 2.40. The van der Waals surface area contributed by atoms with Crippen molar-refractivity contribution in [2.75, 3.05) is 0 Å². The van der Waals surface area contributed by atoms with Crippen LogP contribution in [0, 0.1) is 18.3 Å². The number of H-pyrrole nitrogens is 1. The molecule has 0 radical (unpaired) electrons. The maximum absolute atomic E-state index is 8.80. The van der Waals surface area contributed by atoms with E-state index in [9.17, 15) is 0 Å². The van der Waals surface area contributed by atoms with Gasteiger partial charge in [0.2, 0.25) is 0 Å². The third-order valence-electron chi connectivity index (χ3n) is 2.02. The molecule has 0 amide bonds. The third-order valence-corrected chi connectivity index (χ3v) is 2.48. The minimum Gasteiger partial charge on any atom is -0.345 e. The lowest BCUT2D eigenvalue weighted by Gasteiger charge is -2.00. The normalized spacial score (nSPS) is 10.2. The number of benzene rings is 1. The first-order valence-corrected chi connectivity index (χ1v) is 4.14. The Labute approximate surface area is 80.0 Å². The second-order valence-corrected chi connectivity index (χ2v) is 3.15. The molecular formula is C9H6ClN3. The molecule has 3 nitrogen and oxygen atoms in total. The first kappa shape index (κ1) is 8.09. The lowest BCUT2D eigenvalue weighted by Crippen LogP contribution is -1.85. The van der Waals surface area contributed by atoms with E-state index in [1.165, 1.54) is 0 Å². The monoisotopic (exact) mass is 191 g/mol. The van der Waals surface area contributed by atoms with E-state index < -0.39 is 0 Å². The molecular weight excluding hydrogens is 186 g/mol. The van der Waals surface area contributed by atoms with Crippen molar-refractivity contribution < 1.29 is 0 Å². The van der Waals surface area contributed by atoms with Crippen LogP contribution in [0.4, 0.5) is 0 Å². The molecule has 0 bridgehead atoms. The Hall–Kier alpha value is -1.53. The molecule has 0 saturated carbocycles. The number of imidazole rings is 1. The standard InChI is InChI=1S/C9H6ClN3/c1-5-6(3-11)2-7-9(8(5)10)13-4-12-7/h2,4H,1H3,(H,12,13). The minimum atomic E-state index is 0.551. The Morgan fingerprint density at radius 1 is 1.62 bits per heavy atom. The number of rotatable bonds is 0. The molecule has 13 heavy (non-hydrogen) atoms. The molecule has 1 aromatic carbocycles. The van der Waals surface area contributed by atoms with Crippen LogP contribution in [0.5, 0.6) is 0 Å². The lowest BCUT2D eigenvalue weighted by atomic mass is 10.1. The highest BCUT2D eigenvalue weighted by Gasteiger charge is 2.09. The molecule has 4 heteroatoms. The van der Waals surface area contributed by atoms with Crippen molar-refractivity contribution in [1.82, 2.24) is 9.97 Å². The fraction of sp³-hybridized carbons (Fsp3) is 0.111.